The number of nitrogens with zero attached hydrogens (tertiary/aromatic N) is 3. The van der Waals surface area contributed by atoms with Crippen molar-refractivity contribution in [3.8, 4) is 0 Å². The molecule has 100 valence electrons. The minimum Gasteiger partial charge on any atom is -0.348 e. The molecule has 2 heterocycles. The molecule has 1 unspecified atom stereocenters. The first-order valence-electron chi connectivity index (χ1n) is 6.16. The molecule has 2 aromatic rings. The van der Waals surface area contributed by atoms with Crippen molar-refractivity contribution in [3.63, 3.8) is 0 Å². The molecule has 0 aliphatic heterocycles. The summed E-state index contributed by atoms with van der Waals surface area (Å²) in [5.41, 5.74) is 3.05. The van der Waals surface area contributed by atoms with E-state index in [0.717, 1.165) is 11.3 Å². The predicted molar refractivity (Wildman–Crippen MR) is 70.7 cm³/mol. The van der Waals surface area contributed by atoms with E-state index in [0.29, 0.717) is 17.8 Å². The van der Waals surface area contributed by atoms with Crippen molar-refractivity contribution in [1.29, 1.82) is 0 Å². The van der Waals surface area contributed by atoms with Gasteiger partial charge in [0.1, 0.15) is 0 Å². The number of aromatic nitrogens is 4. The van der Waals surface area contributed by atoms with Crippen LogP contribution in [0.15, 0.2) is 18.3 Å². The first-order valence-corrected chi connectivity index (χ1v) is 6.16. The van der Waals surface area contributed by atoms with E-state index in [-0.39, 0.29) is 11.9 Å². The Morgan fingerprint density at radius 2 is 2.21 bits per heavy atom. The lowest BCUT2D eigenvalue weighted by molar-refractivity contribution is 0.0934. The highest BCUT2D eigenvalue weighted by Gasteiger charge is 2.16. The zero-order valence-corrected chi connectivity index (χ0v) is 11.3. The summed E-state index contributed by atoms with van der Waals surface area (Å²) in [6.45, 7) is 5.70. The number of aromatic amines is 1. The van der Waals surface area contributed by atoms with E-state index in [1.807, 2.05) is 26.0 Å². The van der Waals surface area contributed by atoms with Gasteiger partial charge in [0.2, 0.25) is 0 Å². The van der Waals surface area contributed by atoms with Gasteiger partial charge in [0, 0.05) is 24.4 Å². The maximum atomic E-state index is 12.0. The van der Waals surface area contributed by atoms with Gasteiger partial charge >= 0.3 is 0 Å². The lowest BCUT2D eigenvalue weighted by atomic mass is 10.1. The Morgan fingerprint density at radius 1 is 1.42 bits per heavy atom. The van der Waals surface area contributed by atoms with Gasteiger partial charge in [0.15, 0.2) is 5.69 Å². The molecule has 0 bridgehead atoms. The summed E-state index contributed by atoms with van der Waals surface area (Å²) >= 11 is 0. The molecule has 0 aromatic carbocycles. The van der Waals surface area contributed by atoms with E-state index in [1.165, 1.54) is 0 Å². The van der Waals surface area contributed by atoms with Crippen LogP contribution < -0.4 is 5.32 Å². The SMILES string of the molecule is Cc1cccnc1CC(C)NC(=O)c1n[nH]nc1C. The zero-order valence-electron chi connectivity index (χ0n) is 11.3. The second-order valence-corrected chi connectivity index (χ2v) is 4.60. The minimum absolute atomic E-state index is 0.0165. The summed E-state index contributed by atoms with van der Waals surface area (Å²) in [5.74, 6) is -0.215. The molecule has 2 N–H and O–H groups in total. The smallest absolute Gasteiger partial charge is 0.273 e. The number of rotatable bonds is 4. The highest BCUT2D eigenvalue weighted by atomic mass is 16.2. The summed E-state index contributed by atoms with van der Waals surface area (Å²) in [7, 11) is 0. The van der Waals surface area contributed by atoms with Crippen molar-refractivity contribution in [3.05, 3.63) is 41.0 Å². The van der Waals surface area contributed by atoms with Crippen LogP contribution in [0.3, 0.4) is 0 Å². The van der Waals surface area contributed by atoms with Crippen molar-refractivity contribution in [2.24, 2.45) is 0 Å². The van der Waals surface area contributed by atoms with Gasteiger partial charge in [-0.15, -0.1) is 0 Å². The molecule has 0 aliphatic carbocycles. The average molecular weight is 259 g/mol. The summed E-state index contributed by atoms with van der Waals surface area (Å²) in [6.07, 6.45) is 2.45. The molecular formula is C13H17N5O. The van der Waals surface area contributed by atoms with Crippen molar-refractivity contribution < 1.29 is 4.79 Å². The molecule has 2 aromatic heterocycles. The number of nitrogens with one attached hydrogen (secondary N) is 2. The number of pyridine rings is 1. The first-order chi connectivity index (χ1) is 9.08. The van der Waals surface area contributed by atoms with Crippen LogP contribution in [0, 0.1) is 13.8 Å². The average Bonchev–Trinajstić information content (AvgIpc) is 2.78. The van der Waals surface area contributed by atoms with E-state index in [1.54, 1.807) is 13.1 Å². The summed E-state index contributed by atoms with van der Waals surface area (Å²) < 4.78 is 0. The van der Waals surface area contributed by atoms with Gasteiger partial charge in [-0.2, -0.15) is 15.4 Å². The third-order valence-electron chi connectivity index (χ3n) is 2.93. The van der Waals surface area contributed by atoms with Gasteiger partial charge in [-0.25, -0.2) is 0 Å². The zero-order chi connectivity index (χ0) is 13.8. The van der Waals surface area contributed by atoms with E-state index in [2.05, 4.69) is 25.7 Å². The number of amides is 1. The molecule has 6 nitrogen and oxygen atoms in total. The van der Waals surface area contributed by atoms with Gasteiger partial charge in [-0.1, -0.05) is 6.07 Å². The first kappa shape index (κ1) is 13.2. The molecule has 0 saturated heterocycles. The van der Waals surface area contributed by atoms with Gasteiger partial charge in [0.05, 0.1) is 5.69 Å². The molecule has 1 amide bonds. The van der Waals surface area contributed by atoms with Crippen molar-refractivity contribution in [2.75, 3.05) is 0 Å². The highest BCUT2D eigenvalue weighted by molar-refractivity contribution is 5.93. The van der Waals surface area contributed by atoms with Crippen molar-refractivity contribution in [2.45, 2.75) is 33.2 Å². The second kappa shape index (κ2) is 5.60. The molecule has 1 atom stereocenters. The Hall–Kier alpha value is -2.24. The van der Waals surface area contributed by atoms with E-state index in [4.69, 9.17) is 0 Å². The van der Waals surface area contributed by atoms with Crippen LogP contribution >= 0.6 is 0 Å². The normalized spacial score (nSPS) is 12.2. The maximum absolute atomic E-state index is 12.0. The number of H-pyrrole nitrogens is 1. The molecular weight excluding hydrogens is 242 g/mol. The fourth-order valence-corrected chi connectivity index (χ4v) is 1.86. The molecule has 6 heteroatoms. The maximum Gasteiger partial charge on any atom is 0.273 e. The highest BCUT2D eigenvalue weighted by Crippen LogP contribution is 2.07. The lowest BCUT2D eigenvalue weighted by Gasteiger charge is -2.13. The number of carbonyl (C=O) groups is 1. The predicted octanol–water partition coefficient (Wildman–Crippen LogP) is 1.18. The van der Waals surface area contributed by atoms with Gasteiger partial charge in [0.25, 0.3) is 5.91 Å². The Morgan fingerprint density at radius 3 is 2.84 bits per heavy atom. The van der Waals surface area contributed by atoms with Crippen LogP contribution in [0.4, 0.5) is 0 Å². The third-order valence-corrected chi connectivity index (χ3v) is 2.93. The Bertz CT molecular complexity index is 578. The van der Waals surface area contributed by atoms with Crippen LogP contribution in [0.1, 0.15) is 34.4 Å². The Labute approximate surface area is 111 Å². The third kappa shape index (κ3) is 3.15. The summed E-state index contributed by atoms with van der Waals surface area (Å²) in [6, 6.07) is 3.90. The number of hydrogen-bond donors (Lipinski definition) is 2. The number of carbonyl (C=O) groups excluding carboxylic acids is 1. The van der Waals surface area contributed by atoms with Gasteiger partial charge in [-0.05, 0) is 32.4 Å². The summed E-state index contributed by atoms with van der Waals surface area (Å²) in [5, 5.41) is 13.0. The quantitative estimate of drug-likeness (QED) is 0.863. The molecule has 0 aliphatic rings. The molecule has 0 spiro atoms. The number of aryl methyl sites for hydroxylation is 2. The lowest BCUT2D eigenvalue weighted by Crippen LogP contribution is -2.35. The molecule has 19 heavy (non-hydrogen) atoms. The largest absolute Gasteiger partial charge is 0.348 e. The summed E-state index contributed by atoms with van der Waals surface area (Å²) in [4.78, 5) is 16.3. The molecule has 0 radical (unpaired) electrons. The molecule has 2 rings (SSSR count). The fraction of sp³-hybridized carbons (Fsp3) is 0.385. The molecule has 0 fully saturated rings. The molecule has 0 saturated carbocycles. The van der Waals surface area contributed by atoms with E-state index >= 15 is 0 Å². The van der Waals surface area contributed by atoms with E-state index in [9.17, 15) is 4.79 Å². The van der Waals surface area contributed by atoms with Gasteiger partial charge < -0.3 is 5.32 Å². The Balaban J connectivity index is 1.99. The van der Waals surface area contributed by atoms with Crippen molar-refractivity contribution >= 4 is 5.91 Å². The Kier molecular flexibility index (Phi) is 3.89. The second-order valence-electron chi connectivity index (χ2n) is 4.60. The van der Waals surface area contributed by atoms with Crippen LogP contribution in [-0.2, 0) is 6.42 Å². The number of hydrogen-bond acceptors (Lipinski definition) is 4. The van der Waals surface area contributed by atoms with Crippen LogP contribution in [0.5, 0.6) is 0 Å². The van der Waals surface area contributed by atoms with E-state index < -0.39 is 0 Å². The minimum atomic E-state index is -0.215. The topological polar surface area (TPSA) is 83.6 Å². The van der Waals surface area contributed by atoms with Crippen LogP contribution in [-0.4, -0.2) is 32.3 Å². The van der Waals surface area contributed by atoms with Crippen LogP contribution in [0.2, 0.25) is 0 Å². The monoisotopic (exact) mass is 259 g/mol. The standard InChI is InChI=1S/C13H17N5O/c1-8-5-4-6-14-11(8)7-9(2)15-13(19)12-10(3)16-18-17-12/h4-6,9H,7H2,1-3H3,(H,15,19)(H,16,17,18). The fourth-order valence-electron chi connectivity index (χ4n) is 1.86. The van der Waals surface area contributed by atoms with Crippen LogP contribution in [0.25, 0.3) is 0 Å². The van der Waals surface area contributed by atoms with Gasteiger partial charge in [-0.3, -0.25) is 9.78 Å². The van der Waals surface area contributed by atoms with Crippen molar-refractivity contribution in [1.82, 2.24) is 25.7 Å².